The Morgan fingerprint density at radius 1 is 1.05 bits per heavy atom. The molecule has 0 fully saturated rings. The second kappa shape index (κ2) is 7.08. The van der Waals surface area contributed by atoms with Crippen LogP contribution in [0.4, 0.5) is 5.69 Å². The van der Waals surface area contributed by atoms with Crippen LogP contribution in [0.25, 0.3) is 10.8 Å². The first-order chi connectivity index (χ1) is 9.97. The van der Waals surface area contributed by atoms with Gasteiger partial charge < -0.3 is 9.45 Å². The Labute approximate surface area is 171 Å². The van der Waals surface area contributed by atoms with Gasteiger partial charge in [0.05, 0.1) is 15.8 Å². The summed E-state index contributed by atoms with van der Waals surface area (Å²) in [5.41, 5.74) is 1.54. The van der Waals surface area contributed by atoms with Crippen LogP contribution in [0.1, 0.15) is 23.2 Å². The molecule has 1 aliphatic rings. The molecule has 1 amide bonds. The van der Waals surface area contributed by atoms with Crippen molar-refractivity contribution >= 4 is 32.5 Å². The van der Waals surface area contributed by atoms with Crippen LogP contribution >= 0.6 is 0 Å². The fourth-order valence-electron chi connectivity index (χ4n) is 2.75. The van der Waals surface area contributed by atoms with Gasteiger partial charge in [0.2, 0.25) is 0 Å². The predicted molar refractivity (Wildman–Crippen MR) is 79.4 cm³/mol. The third-order valence-electron chi connectivity index (χ3n) is 3.68. The van der Waals surface area contributed by atoms with Crippen molar-refractivity contribution in [1.29, 1.82) is 0 Å². The van der Waals surface area contributed by atoms with Gasteiger partial charge in [-0.3, -0.25) is 4.79 Å². The van der Waals surface area contributed by atoms with Crippen molar-refractivity contribution in [2.75, 3.05) is 17.2 Å². The number of hydrogen-bond acceptors (Lipinski definition) is 4. The van der Waals surface area contributed by atoms with Crippen molar-refractivity contribution in [3.63, 3.8) is 0 Å². The minimum Gasteiger partial charge on any atom is -0.748 e. The van der Waals surface area contributed by atoms with Gasteiger partial charge in [-0.05, 0) is 30.4 Å². The summed E-state index contributed by atoms with van der Waals surface area (Å²) < 4.78 is 31.8. The number of carbonyl (C=O) groups is 1. The monoisotopic (exact) mass is 343 g/mol. The SMILES string of the molecule is O=C1c2cccc3cccc(c23)N1CCCCS(=O)(=O)[O-].[K+]. The molecule has 2 aromatic rings. The van der Waals surface area contributed by atoms with Crippen LogP contribution in [0.15, 0.2) is 36.4 Å². The smallest absolute Gasteiger partial charge is 0.748 e. The molecular weight excluding hydrogens is 329 g/mol. The molecule has 0 radical (unpaired) electrons. The van der Waals surface area contributed by atoms with Crippen molar-refractivity contribution in [1.82, 2.24) is 0 Å². The molecule has 1 aliphatic heterocycles. The van der Waals surface area contributed by atoms with E-state index in [-0.39, 0.29) is 69.5 Å². The minimum atomic E-state index is -4.18. The minimum absolute atomic E-state index is 0. The van der Waals surface area contributed by atoms with E-state index >= 15 is 0 Å². The zero-order valence-electron chi connectivity index (χ0n) is 12.3. The Balaban J connectivity index is 0.00000176. The summed E-state index contributed by atoms with van der Waals surface area (Å²) in [4.78, 5) is 14.1. The van der Waals surface area contributed by atoms with Gasteiger partial charge in [-0.2, -0.15) is 0 Å². The number of benzene rings is 2. The van der Waals surface area contributed by atoms with E-state index in [2.05, 4.69) is 0 Å². The standard InChI is InChI=1S/C15H15NO4S.K/c17-15-12-7-3-5-11-6-4-8-13(14(11)12)16(15)9-1-2-10-21(18,19)20;/h3-8H,1-2,9-10H2,(H,18,19,20);/q;+1/p-1. The largest absolute Gasteiger partial charge is 1.00 e. The van der Waals surface area contributed by atoms with Crippen LogP contribution in [-0.4, -0.2) is 31.2 Å². The summed E-state index contributed by atoms with van der Waals surface area (Å²) in [5.74, 6) is -0.446. The number of rotatable bonds is 5. The molecule has 0 saturated carbocycles. The van der Waals surface area contributed by atoms with Gasteiger partial charge in [0.15, 0.2) is 0 Å². The second-order valence-electron chi connectivity index (χ2n) is 5.11. The summed E-state index contributed by atoms with van der Waals surface area (Å²) in [6.45, 7) is 0.419. The molecule has 0 atom stereocenters. The first-order valence-corrected chi connectivity index (χ1v) is 8.32. The molecule has 0 bridgehead atoms. The maximum absolute atomic E-state index is 12.4. The third-order valence-corrected chi connectivity index (χ3v) is 4.46. The molecule has 2 aromatic carbocycles. The fraction of sp³-hybridized carbons (Fsp3) is 0.267. The van der Waals surface area contributed by atoms with Gasteiger partial charge in [-0.1, -0.05) is 24.3 Å². The van der Waals surface area contributed by atoms with Crippen molar-refractivity contribution in [2.45, 2.75) is 12.8 Å². The molecular formula is C15H14KNO4S. The molecule has 0 N–H and O–H groups in total. The van der Waals surface area contributed by atoms with E-state index in [9.17, 15) is 17.8 Å². The summed E-state index contributed by atoms with van der Waals surface area (Å²) in [6, 6.07) is 11.4. The molecule has 7 heteroatoms. The van der Waals surface area contributed by atoms with Gasteiger partial charge in [0, 0.05) is 23.2 Å². The normalized spacial score (nSPS) is 13.5. The number of anilines is 1. The number of nitrogens with zero attached hydrogens (tertiary/aromatic N) is 1. The second-order valence-corrected chi connectivity index (χ2v) is 6.63. The van der Waals surface area contributed by atoms with Crippen LogP contribution in [0.2, 0.25) is 0 Å². The maximum atomic E-state index is 12.4. The molecule has 0 unspecified atom stereocenters. The summed E-state index contributed by atoms with van der Waals surface area (Å²) in [7, 11) is -4.18. The molecule has 1 heterocycles. The van der Waals surface area contributed by atoms with E-state index in [1.54, 1.807) is 11.0 Å². The molecule has 5 nitrogen and oxygen atoms in total. The van der Waals surface area contributed by atoms with Crippen molar-refractivity contribution in [3.8, 4) is 0 Å². The molecule has 0 spiro atoms. The predicted octanol–water partition coefficient (Wildman–Crippen LogP) is -0.871. The number of unbranched alkanes of at least 4 members (excludes halogenated alkanes) is 1. The van der Waals surface area contributed by atoms with E-state index in [1.165, 1.54) is 0 Å². The van der Waals surface area contributed by atoms with Crippen LogP contribution < -0.4 is 56.3 Å². The van der Waals surface area contributed by atoms with Gasteiger partial charge in [0.1, 0.15) is 0 Å². The third kappa shape index (κ3) is 3.61. The Morgan fingerprint density at radius 2 is 1.73 bits per heavy atom. The Morgan fingerprint density at radius 3 is 2.41 bits per heavy atom. The van der Waals surface area contributed by atoms with E-state index in [1.807, 2.05) is 30.3 Å². The van der Waals surface area contributed by atoms with Crippen molar-refractivity contribution < 1.29 is 69.1 Å². The first kappa shape index (κ1) is 18.1. The van der Waals surface area contributed by atoms with Gasteiger partial charge in [-0.25, -0.2) is 8.42 Å². The number of hydrogen-bond donors (Lipinski definition) is 0. The number of amides is 1. The number of carbonyl (C=O) groups excluding carboxylic acids is 1. The molecule has 0 aromatic heterocycles. The molecule has 0 aliphatic carbocycles. The van der Waals surface area contributed by atoms with Gasteiger partial charge >= 0.3 is 51.4 Å². The molecule has 0 saturated heterocycles. The first-order valence-electron chi connectivity index (χ1n) is 6.74. The van der Waals surface area contributed by atoms with E-state index in [0.717, 1.165) is 16.5 Å². The van der Waals surface area contributed by atoms with Crippen LogP contribution in [-0.2, 0) is 10.1 Å². The van der Waals surface area contributed by atoms with Crippen molar-refractivity contribution in [3.05, 3.63) is 42.0 Å². The van der Waals surface area contributed by atoms with E-state index in [4.69, 9.17) is 0 Å². The summed E-state index contributed by atoms with van der Waals surface area (Å²) in [5, 5.41) is 1.96. The average Bonchev–Trinajstić information content (AvgIpc) is 2.70. The van der Waals surface area contributed by atoms with Crippen molar-refractivity contribution in [2.24, 2.45) is 0 Å². The van der Waals surface area contributed by atoms with Crippen LogP contribution in [0.5, 0.6) is 0 Å². The zero-order chi connectivity index (χ0) is 15.0. The van der Waals surface area contributed by atoms with E-state index in [0.29, 0.717) is 18.5 Å². The average molecular weight is 343 g/mol. The van der Waals surface area contributed by atoms with E-state index < -0.39 is 10.1 Å². The molecule has 3 rings (SSSR count). The Kier molecular flexibility index (Phi) is 5.82. The van der Waals surface area contributed by atoms with Crippen LogP contribution in [0, 0.1) is 0 Å². The topological polar surface area (TPSA) is 77.5 Å². The maximum Gasteiger partial charge on any atom is 1.00 e. The van der Waals surface area contributed by atoms with Gasteiger partial charge in [0.25, 0.3) is 5.91 Å². The Hall–Kier alpha value is -0.284. The summed E-state index contributed by atoms with van der Waals surface area (Å²) >= 11 is 0. The summed E-state index contributed by atoms with van der Waals surface area (Å²) in [6.07, 6.45) is 0.750. The van der Waals surface area contributed by atoms with Crippen LogP contribution in [0.3, 0.4) is 0 Å². The van der Waals surface area contributed by atoms with Gasteiger partial charge in [-0.15, -0.1) is 0 Å². The Bertz CT molecular complexity index is 814. The fourth-order valence-corrected chi connectivity index (χ4v) is 3.31. The zero-order valence-corrected chi connectivity index (χ0v) is 16.2. The quantitative estimate of drug-likeness (QED) is 0.402. The molecule has 110 valence electrons. The molecule has 22 heavy (non-hydrogen) atoms.